The van der Waals surface area contributed by atoms with Gasteiger partial charge >= 0.3 is 19.8 Å². The molecule has 0 fully saturated rings. The molecule has 5 N–H and O–H groups in total. The Bertz CT molecular complexity index is 1210. The van der Waals surface area contributed by atoms with Gasteiger partial charge in [0.2, 0.25) is 0 Å². The Hall–Kier alpha value is -2.89. The van der Waals surface area contributed by atoms with Gasteiger partial charge in [-0.15, -0.1) is 0 Å². The molecule has 0 amide bonds. The molecule has 11 nitrogen and oxygen atoms in total. The number of phosphoric acid groups is 1. The molecule has 0 saturated carbocycles. The maximum absolute atomic E-state index is 12.5. The number of carbonyl (C=O) groups is 2. The Morgan fingerprint density at radius 2 is 1.24 bits per heavy atom. The van der Waals surface area contributed by atoms with Crippen LogP contribution in [-0.2, 0) is 32.7 Å². The van der Waals surface area contributed by atoms with Gasteiger partial charge in [0, 0.05) is 19.4 Å². The average Bonchev–Trinajstić information content (AvgIpc) is 3.16. The van der Waals surface area contributed by atoms with E-state index in [1.807, 2.05) is 43.4 Å². The van der Waals surface area contributed by atoms with E-state index in [9.17, 15) is 29.3 Å². The van der Waals surface area contributed by atoms with Gasteiger partial charge in [0.25, 0.3) is 0 Å². The summed E-state index contributed by atoms with van der Waals surface area (Å²) in [5, 5.41) is 19.9. The van der Waals surface area contributed by atoms with Crippen molar-refractivity contribution in [2.45, 2.75) is 148 Å². The van der Waals surface area contributed by atoms with Gasteiger partial charge in [0.15, 0.2) is 6.10 Å². The normalized spacial score (nSPS) is 15.4. The standard InChI is InChI=1S/C43H72NO10P/c1-3-5-7-8-9-10-11-12-13-14-15-19-27-33-42(47)51-37-41(38-53-55(49,50)52-36-35-44)54-43(48)34-28-20-17-16-18-24-30-40(46)32-26-22-21-25-31-39(45)29-23-6-4-2/h6,10-11,17-18,20-26,31-32,39-41,45-46H,3-5,7-9,12-16,19,27-30,33-38,44H2,1-2H3,(H,49,50)/b11-10-,20-17-,22-21-,23-6-,24-18-,31-25+,32-26+/t39-,40+,41+/m0/s1. The number of ether oxygens (including phenoxy) is 2. The van der Waals surface area contributed by atoms with Crippen molar-refractivity contribution in [3.63, 3.8) is 0 Å². The maximum atomic E-state index is 12.5. The highest BCUT2D eigenvalue weighted by atomic mass is 31.2. The molecular weight excluding hydrogens is 721 g/mol. The number of unbranched alkanes of at least 4 members (excludes halogenated alkanes) is 9. The molecule has 0 heterocycles. The lowest BCUT2D eigenvalue weighted by Gasteiger charge is -2.19. The summed E-state index contributed by atoms with van der Waals surface area (Å²) in [6.45, 7) is 3.27. The molecule has 314 valence electrons. The highest BCUT2D eigenvalue weighted by Crippen LogP contribution is 2.43. The van der Waals surface area contributed by atoms with Gasteiger partial charge in [-0.2, -0.15) is 0 Å². The molecule has 0 saturated heterocycles. The molecule has 0 radical (unpaired) electrons. The summed E-state index contributed by atoms with van der Waals surface area (Å²) in [5.41, 5.74) is 5.32. The summed E-state index contributed by atoms with van der Waals surface area (Å²) in [7, 11) is -4.43. The van der Waals surface area contributed by atoms with Gasteiger partial charge in [-0.25, -0.2) is 4.57 Å². The van der Waals surface area contributed by atoms with Crippen LogP contribution < -0.4 is 5.73 Å². The SMILES string of the molecule is CC/C=C\C[C@H](O)/C=C/C=C\C=C\[C@H](O)C/C=C\C/C=C\CCC(=O)O[C@H](COC(=O)CCCCCCC/C=C\CCCCCC)COP(=O)(O)OCCN. The van der Waals surface area contributed by atoms with E-state index in [0.29, 0.717) is 32.1 Å². The summed E-state index contributed by atoms with van der Waals surface area (Å²) in [6, 6.07) is 0. The zero-order valence-electron chi connectivity index (χ0n) is 33.6. The molecule has 0 spiro atoms. The molecule has 1 unspecified atom stereocenters. The molecule has 0 aliphatic rings. The van der Waals surface area contributed by atoms with Gasteiger partial charge in [-0.3, -0.25) is 18.6 Å². The molecule has 55 heavy (non-hydrogen) atoms. The number of esters is 2. The first-order valence-electron chi connectivity index (χ1n) is 20.3. The van der Waals surface area contributed by atoms with E-state index in [1.165, 1.54) is 25.7 Å². The molecule has 4 atom stereocenters. The van der Waals surface area contributed by atoms with Crippen LogP contribution in [0.5, 0.6) is 0 Å². The van der Waals surface area contributed by atoms with Crippen LogP contribution in [0.25, 0.3) is 0 Å². The second-order valence-electron chi connectivity index (χ2n) is 13.2. The average molecular weight is 794 g/mol. The van der Waals surface area contributed by atoms with Crippen LogP contribution in [0.1, 0.15) is 129 Å². The van der Waals surface area contributed by atoms with E-state index < -0.39 is 44.7 Å². The van der Waals surface area contributed by atoms with Crippen LogP contribution >= 0.6 is 7.82 Å². The third-order valence-corrected chi connectivity index (χ3v) is 8.93. The third kappa shape index (κ3) is 37.8. The van der Waals surface area contributed by atoms with Gasteiger partial charge in [-0.05, 0) is 64.2 Å². The lowest BCUT2D eigenvalue weighted by atomic mass is 10.1. The fourth-order valence-electron chi connectivity index (χ4n) is 4.89. The van der Waals surface area contributed by atoms with Crippen LogP contribution in [0.2, 0.25) is 0 Å². The first-order chi connectivity index (χ1) is 26.6. The molecule has 12 heteroatoms. The number of rotatable bonds is 36. The molecule has 0 aromatic rings. The van der Waals surface area contributed by atoms with Crippen molar-refractivity contribution in [1.82, 2.24) is 0 Å². The number of aliphatic hydroxyl groups excluding tert-OH is 2. The molecule has 0 rings (SSSR count). The van der Waals surface area contributed by atoms with Crippen molar-refractivity contribution < 1.29 is 47.8 Å². The van der Waals surface area contributed by atoms with Crippen LogP contribution in [0, 0.1) is 0 Å². The first-order valence-corrected chi connectivity index (χ1v) is 21.8. The number of hydrogen-bond donors (Lipinski definition) is 4. The molecule has 0 aromatic carbocycles. The van der Waals surface area contributed by atoms with Crippen LogP contribution in [0.15, 0.2) is 85.1 Å². The van der Waals surface area contributed by atoms with Crippen LogP contribution in [0.4, 0.5) is 0 Å². The summed E-state index contributed by atoms with van der Waals surface area (Å²) in [5.74, 6) is -1.02. The second kappa shape index (κ2) is 38.0. The summed E-state index contributed by atoms with van der Waals surface area (Å²) >= 11 is 0. The second-order valence-corrected chi connectivity index (χ2v) is 14.6. The van der Waals surface area contributed by atoms with E-state index in [-0.39, 0.29) is 32.6 Å². The molecule has 0 aliphatic heterocycles. The predicted octanol–water partition coefficient (Wildman–Crippen LogP) is 9.21. The maximum Gasteiger partial charge on any atom is 0.472 e. The molecule has 0 aromatic heterocycles. The Morgan fingerprint density at radius 1 is 0.655 bits per heavy atom. The van der Waals surface area contributed by atoms with E-state index in [4.69, 9.17) is 24.3 Å². The summed E-state index contributed by atoms with van der Waals surface area (Å²) in [4.78, 5) is 34.7. The summed E-state index contributed by atoms with van der Waals surface area (Å²) < 4.78 is 32.5. The van der Waals surface area contributed by atoms with Gasteiger partial charge in [0.1, 0.15) is 6.61 Å². The monoisotopic (exact) mass is 793 g/mol. The first kappa shape index (κ1) is 52.1. The predicted molar refractivity (Wildman–Crippen MR) is 222 cm³/mol. The zero-order chi connectivity index (χ0) is 40.7. The summed E-state index contributed by atoms with van der Waals surface area (Å²) in [6.07, 6.45) is 39.8. The van der Waals surface area contributed by atoms with Crippen molar-refractivity contribution >= 4 is 19.8 Å². The minimum atomic E-state index is -4.43. The smallest absolute Gasteiger partial charge is 0.462 e. The highest BCUT2D eigenvalue weighted by Gasteiger charge is 2.25. The number of carbonyl (C=O) groups excluding carboxylic acids is 2. The Balaban J connectivity index is 4.49. The molecule has 0 bridgehead atoms. The minimum absolute atomic E-state index is 0.0183. The third-order valence-electron chi connectivity index (χ3n) is 7.94. The fourth-order valence-corrected chi connectivity index (χ4v) is 5.65. The number of phosphoric ester groups is 1. The fraction of sp³-hybridized carbons (Fsp3) is 0.628. The highest BCUT2D eigenvalue weighted by molar-refractivity contribution is 7.47. The zero-order valence-corrected chi connectivity index (χ0v) is 34.5. The van der Waals surface area contributed by atoms with Gasteiger partial charge in [0.05, 0.1) is 25.4 Å². The van der Waals surface area contributed by atoms with Crippen molar-refractivity contribution in [1.29, 1.82) is 0 Å². The lowest BCUT2D eigenvalue weighted by molar-refractivity contribution is -0.161. The van der Waals surface area contributed by atoms with Crippen LogP contribution in [-0.4, -0.2) is 71.7 Å². The van der Waals surface area contributed by atoms with Crippen molar-refractivity contribution in [3.8, 4) is 0 Å². The van der Waals surface area contributed by atoms with E-state index >= 15 is 0 Å². The quantitative estimate of drug-likeness (QED) is 0.0157. The lowest BCUT2D eigenvalue weighted by Crippen LogP contribution is -2.29. The van der Waals surface area contributed by atoms with E-state index in [0.717, 1.165) is 44.9 Å². The van der Waals surface area contributed by atoms with Gasteiger partial charge < -0.3 is 30.3 Å². The number of hydrogen-bond acceptors (Lipinski definition) is 10. The van der Waals surface area contributed by atoms with E-state index in [2.05, 4.69) is 19.1 Å². The topological polar surface area (TPSA) is 175 Å². The van der Waals surface area contributed by atoms with Crippen molar-refractivity contribution in [2.24, 2.45) is 5.73 Å². The Labute approximate surface area is 331 Å². The molecule has 0 aliphatic carbocycles. The largest absolute Gasteiger partial charge is 0.472 e. The minimum Gasteiger partial charge on any atom is -0.462 e. The Kier molecular flexibility index (Phi) is 36.0. The van der Waals surface area contributed by atoms with Crippen molar-refractivity contribution in [2.75, 3.05) is 26.4 Å². The number of aliphatic hydroxyl groups is 2. The number of allylic oxidation sites excluding steroid dienone is 10. The van der Waals surface area contributed by atoms with Crippen molar-refractivity contribution in [3.05, 3.63) is 85.1 Å². The van der Waals surface area contributed by atoms with Gasteiger partial charge in [-0.1, -0.05) is 137 Å². The van der Waals surface area contributed by atoms with Crippen LogP contribution in [0.3, 0.4) is 0 Å². The van der Waals surface area contributed by atoms with E-state index in [1.54, 1.807) is 36.5 Å². The number of nitrogens with two attached hydrogens (primary N) is 1. The Morgan fingerprint density at radius 3 is 1.87 bits per heavy atom. The molecular formula is C43H72NO10P.